The highest BCUT2D eigenvalue weighted by Gasteiger charge is 2.34. The molecule has 0 fully saturated rings. The minimum absolute atomic E-state index is 0.0504. The van der Waals surface area contributed by atoms with E-state index in [1.54, 1.807) is 0 Å². The first-order valence-electron chi connectivity index (χ1n) is 5.38. The number of nitriles is 1. The number of ether oxygens (including phenoxy) is 1. The maximum Gasteiger partial charge on any atom is 0.387 e. The Morgan fingerprint density at radius 2 is 2.20 bits per heavy atom. The molecule has 0 unspecified atom stereocenters. The Hall–Kier alpha value is -2.21. The fourth-order valence-electron chi connectivity index (χ4n) is 1.79. The lowest BCUT2D eigenvalue weighted by Gasteiger charge is -2.17. The van der Waals surface area contributed by atoms with Crippen LogP contribution < -0.4 is 4.74 Å². The summed E-state index contributed by atoms with van der Waals surface area (Å²) in [6.45, 7) is -3.23. The second-order valence-electron chi connectivity index (χ2n) is 3.91. The van der Waals surface area contributed by atoms with E-state index in [0.29, 0.717) is 0 Å². The third-order valence-electron chi connectivity index (χ3n) is 2.58. The number of amidine groups is 1. The van der Waals surface area contributed by atoms with Gasteiger partial charge in [0.2, 0.25) is 0 Å². The Bertz CT molecular complexity index is 710. The monoisotopic (exact) mass is 301 g/mol. The number of rotatable bonds is 3. The third kappa shape index (κ3) is 2.42. The summed E-state index contributed by atoms with van der Waals surface area (Å²) in [5, 5.41) is 8.64. The molecule has 106 valence electrons. The highest BCUT2D eigenvalue weighted by molar-refractivity contribution is 7.90. The largest absolute Gasteiger partial charge is 0.434 e. The molecule has 1 aliphatic rings. The Kier molecular flexibility index (Phi) is 3.59. The second-order valence-corrected chi connectivity index (χ2v) is 5.48. The average Bonchev–Trinajstić information content (AvgIpc) is 2.63. The highest BCUT2D eigenvalue weighted by Crippen LogP contribution is 2.34. The number of benzene rings is 1. The zero-order valence-electron chi connectivity index (χ0n) is 10.2. The van der Waals surface area contributed by atoms with Gasteiger partial charge in [-0.05, 0) is 12.1 Å². The third-order valence-corrected chi connectivity index (χ3v) is 3.89. The molecule has 0 amide bonds. The van der Waals surface area contributed by atoms with Crippen molar-refractivity contribution in [2.24, 2.45) is 4.40 Å². The Morgan fingerprint density at radius 1 is 1.50 bits per heavy atom. The summed E-state index contributed by atoms with van der Waals surface area (Å²) in [6, 6.07) is 5.59. The number of fused-ring (bicyclic) bond motifs is 1. The van der Waals surface area contributed by atoms with E-state index in [0.717, 1.165) is 0 Å². The highest BCUT2D eigenvalue weighted by atomic mass is 32.2. The second kappa shape index (κ2) is 5.05. The summed E-state index contributed by atoms with van der Waals surface area (Å²) in [6.07, 6.45) is 0. The fraction of sp³-hybridized carbons (Fsp3) is 0.273. The van der Waals surface area contributed by atoms with Crippen LogP contribution in [0.1, 0.15) is 5.56 Å². The van der Waals surface area contributed by atoms with E-state index < -0.39 is 16.6 Å². The van der Waals surface area contributed by atoms with Crippen LogP contribution >= 0.6 is 0 Å². The Morgan fingerprint density at radius 3 is 2.80 bits per heavy atom. The van der Waals surface area contributed by atoms with Crippen molar-refractivity contribution >= 4 is 15.9 Å². The lowest BCUT2D eigenvalue weighted by Crippen LogP contribution is -2.27. The van der Waals surface area contributed by atoms with Crippen molar-refractivity contribution in [2.45, 2.75) is 11.5 Å². The van der Waals surface area contributed by atoms with E-state index in [1.165, 1.54) is 30.1 Å². The van der Waals surface area contributed by atoms with Gasteiger partial charge < -0.3 is 9.64 Å². The van der Waals surface area contributed by atoms with Crippen LogP contribution in [0.2, 0.25) is 0 Å². The first-order valence-corrected chi connectivity index (χ1v) is 6.82. The first-order chi connectivity index (χ1) is 9.36. The molecule has 1 aromatic rings. The van der Waals surface area contributed by atoms with E-state index in [4.69, 9.17) is 5.26 Å². The molecule has 0 bridgehead atoms. The lowest BCUT2D eigenvalue weighted by atomic mass is 10.1. The number of sulfonamides is 1. The van der Waals surface area contributed by atoms with Crippen molar-refractivity contribution in [3.8, 4) is 11.8 Å². The molecule has 0 aromatic heterocycles. The Labute approximate surface area is 114 Å². The van der Waals surface area contributed by atoms with Gasteiger partial charge >= 0.3 is 6.61 Å². The van der Waals surface area contributed by atoms with Crippen LogP contribution in [0, 0.1) is 11.3 Å². The summed E-state index contributed by atoms with van der Waals surface area (Å²) in [5.74, 6) is -0.375. The van der Waals surface area contributed by atoms with Crippen molar-refractivity contribution in [1.29, 1.82) is 5.26 Å². The van der Waals surface area contributed by atoms with Gasteiger partial charge in [0.1, 0.15) is 17.2 Å². The summed E-state index contributed by atoms with van der Waals surface area (Å²) in [5.41, 5.74) is -0.0504. The summed E-state index contributed by atoms with van der Waals surface area (Å²) in [7, 11) is -2.53. The summed E-state index contributed by atoms with van der Waals surface area (Å²) >= 11 is 0. The zero-order valence-corrected chi connectivity index (χ0v) is 11.1. The van der Waals surface area contributed by atoms with Crippen LogP contribution in [0.25, 0.3) is 0 Å². The molecule has 0 radical (unpaired) electrons. The van der Waals surface area contributed by atoms with Gasteiger partial charge in [-0.25, -0.2) is 0 Å². The maximum absolute atomic E-state index is 12.4. The van der Waals surface area contributed by atoms with Gasteiger partial charge in [0.25, 0.3) is 10.0 Å². The predicted octanol–water partition coefficient (Wildman–Crippen LogP) is 1.19. The smallest absolute Gasteiger partial charge is 0.387 e. The van der Waals surface area contributed by atoms with Crippen LogP contribution in [0.4, 0.5) is 8.78 Å². The fourth-order valence-corrected chi connectivity index (χ4v) is 3.05. The molecule has 1 aromatic carbocycles. The van der Waals surface area contributed by atoms with Gasteiger partial charge in [-0.15, -0.1) is 4.40 Å². The lowest BCUT2D eigenvalue weighted by molar-refractivity contribution is -0.0501. The number of hydrogen-bond acceptors (Lipinski definition) is 5. The average molecular weight is 301 g/mol. The molecule has 9 heteroatoms. The van der Waals surface area contributed by atoms with Gasteiger partial charge in [-0.1, -0.05) is 6.07 Å². The molecule has 0 saturated heterocycles. The quantitative estimate of drug-likeness (QED) is 0.783. The van der Waals surface area contributed by atoms with E-state index in [1.807, 2.05) is 6.07 Å². The van der Waals surface area contributed by atoms with Crippen molar-refractivity contribution in [2.75, 3.05) is 13.6 Å². The van der Waals surface area contributed by atoms with E-state index >= 15 is 0 Å². The number of hydrogen-bond donors (Lipinski definition) is 0. The van der Waals surface area contributed by atoms with Crippen LogP contribution in [-0.4, -0.2) is 39.4 Å². The minimum Gasteiger partial charge on any atom is -0.434 e. The SMILES string of the molecule is CN(CC#N)C1=NS(=O)(=O)c2cccc(OC(F)F)c21. The Balaban J connectivity index is 2.60. The molecule has 0 atom stereocenters. The van der Waals surface area contributed by atoms with Gasteiger partial charge in [0.15, 0.2) is 5.84 Å². The molecule has 0 spiro atoms. The summed E-state index contributed by atoms with van der Waals surface area (Å²) < 4.78 is 56.3. The molecule has 0 aliphatic carbocycles. The number of nitrogens with zero attached hydrogens (tertiary/aromatic N) is 3. The van der Waals surface area contributed by atoms with E-state index in [-0.39, 0.29) is 28.6 Å². The van der Waals surface area contributed by atoms with Crippen molar-refractivity contribution in [1.82, 2.24) is 4.90 Å². The van der Waals surface area contributed by atoms with Crippen LogP contribution in [0.3, 0.4) is 0 Å². The van der Waals surface area contributed by atoms with Crippen molar-refractivity contribution in [3.63, 3.8) is 0 Å². The van der Waals surface area contributed by atoms with Gasteiger partial charge in [-0.2, -0.15) is 22.5 Å². The van der Waals surface area contributed by atoms with E-state index in [9.17, 15) is 17.2 Å². The topological polar surface area (TPSA) is 82.8 Å². The molecular weight excluding hydrogens is 292 g/mol. The predicted molar refractivity (Wildman–Crippen MR) is 65.0 cm³/mol. The van der Waals surface area contributed by atoms with Gasteiger partial charge in [-0.3, -0.25) is 0 Å². The van der Waals surface area contributed by atoms with Crippen LogP contribution in [-0.2, 0) is 10.0 Å². The number of alkyl halides is 2. The number of halogens is 2. The molecule has 0 N–H and O–H groups in total. The van der Waals surface area contributed by atoms with Gasteiger partial charge in [0.05, 0.1) is 11.6 Å². The van der Waals surface area contributed by atoms with Crippen molar-refractivity contribution in [3.05, 3.63) is 23.8 Å². The molecule has 2 rings (SSSR count). The molecule has 20 heavy (non-hydrogen) atoms. The molecule has 6 nitrogen and oxygen atoms in total. The first kappa shape index (κ1) is 14.2. The standard InChI is InChI=1S/C11H9F2N3O3S/c1-16(6-5-14)10-9-7(19-11(12)13)3-2-4-8(9)20(17,18)15-10/h2-4,11H,6H2,1H3. The minimum atomic E-state index is -3.96. The van der Waals surface area contributed by atoms with E-state index in [2.05, 4.69) is 9.13 Å². The van der Waals surface area contributed by atoms with Gasteiger partial charge in [0, 0.05) is 7.05 Å². The summed E-state index contributed by atoms with van der Waals surface area (Å²) in [4.78, 5) is 1.04. The van der Waals surface area contributed by atoms with Crippen LogP contribution in [0.5, 0.6) is 5.75 Å². The maximum atomic E-state index is 12.4. The zero-order chi connectivity index (χ0) is 14.9. The molecule has 1 heterocycles. The molecule has 1 aliphatic heterocycles. The molecule has 0 saturated carbocycles. The van der Waals surface area contributed by atoms with Crippen LogP contribution in [0.15, 0.2) is 27.5 Å². The molecular formula is C11H9F2N3O3S. The normalized spacial score (nSPS) is 15.4. The van der Waals surface area contributed by atoms with Crippen molar-refractivity contribution < 1.29 is 21.9 Å².